The van der Waals surface area contributed by atoms with Crippen molar-refractivity contribution in [3.63, 3.8) is 0 Å². The molecule has 0 aromatic heterocycles. The number of ether oxygens (including phenoxy) is 2. The molecule has 2 heterocycles. The second-order valence-corrected chi connectivity index (χ2v) is 9.23. The summed E-state index contributed by atoms with van der Waals surface area (Å²) in [5, 5.41) is 0. The van der Waals surface area contributed by atoms with Gasteiger partial charge in [0.05, 0.1) is 35.7 Å². The lowest BCUT2D eigenvalue weighted by Crippen LogP contribution is -2.31. The fourth-order valence-corrected chi connectivity index (χ4v) is 5.36. The number of carbonyl (C=O) groups excluding carboxylic acids is 4. The minimum absolute atomic E-state index is 0.0332. The Morgan fingerprint density at radius 2 is 1.69 bits per heavy atom. The number of hydrogen-bond donors (Lipinski definition) is 0. The summed E-state index contributed by atoms with van der Waals surface area (Å²) in [6.45, 7) is 2.52. The van der Waals surface area contributed by atoms with Gasteiger partial charge in [0.25, 0.3) is 0 Å². The molecule has 2 aromatic rings. The predicted octanol–water partition coefficient (Wildman–Crippen LogP) is 3.72. The van der Waals surface area contributed by atoms with Gasteiger partial charge in [0.15, 0.2) is 0 Å². The number of carbonyl (C=O) groups is 4. The van der Waals surface area contributed by atoms with E-state index < -0.39 is 11.9 Å². The highest BCUT2D eigenvalue weighted by Crippen LogP contribution is 2.41. The van der Waals surface area contributed by atoms with Gasteiger partial charge < -0.3 is 14.4 Å². The predicted molar refractivity (Wildman–Crippen MR) is 128 cm³/mol. The second-order valence-electron chi connectivity index (χ2n) is 9.23. The van der Waals surface area contributed by atoms with Crippen molar-refractivity contribution in [2.24, 2.45) is 17.8 Å². The maximum atomic E-state index is 12.9. The van der Waals surface area contributed by atoms with Crippen LogP contribution in [0, 0.1) is 17.8 Å². The van der Waals surface area contributed by atoms with Crippen LogP contribution in [0.3, 0.4) is 0 Å². The molecule has 3 atom stereocenters. The number of anilines is 2. The molecular weight excluding hydrogens is 448 g/mol. The highest BCUT2D eigenvalue weighted by molar-refractivity contribution is 6.22. The maximum Gasteiger partial charge on any atom is 0.316 e. The molecule has 3 aliphatic rings. The molecular formula is C27H28N2O6. The lowest BCUT2D eigenvalue weighted by molar-refractivity contribution is -0.139. The van der Waals surface area contributed by atoms with E-state index in [0.29, 0.717) is 23.7 Å². The number of esters is 1. The molecule has 8 heteroatoms. The van der Waals surface area contributed by atoms with Crippen LogP contribution >= 0.6 is 0 Å². The number of imide groups is 1. The van der Waals surface area contributed by atoms with E-state index in [1.807, 2.05) is 19.1 Å². The second kappa shape index (κ2) is 9.52. The van der Waals surface area contributed by atoms with Gasteiger partial charge in [-0.05, 0) is 44.0 Å². The Balaban J connectivity index is 1.29. The van der Waals surface area contributed by atoms with Crippen LogP contribution in [-0.4, -0.2) is 36.8 Å². The van der Waals surface area contributed by atoms with E-state index in [2.05, 4.69) is 0 Å². The fourth-order valence-electron chi connectivity index (χ4n) is 5.36. The third kappa shape index (κ3) is 4.29. The summed E-state index contributed by atoms with van der Waals surface area (Å²) in [6.07, 6.45) is 3.42. The highest BCUT2D eigenvalue weighted by Gasteiger charge is 2.48. The van der Waals surface area contributed by atoms with Crippen molar-refractivity contribution >= 4 is 35.1 Å². The Labute approximate surface area is 203 Å². The number of fused-ring (bicyclic) bond motifs is 1. The molecule has 8 nitrogen and oxygen atoms in total. The van der Waals surface area contributed by atoms with Crippen LogP contribution in [0.2, 0.25) is 0 Å². The van der Waals surface area contributed by atoms with E-state index in [-0.39, 0.29) is 48.3 Å². The van der Waals surface area contributed by atoms with E-state index in [1.165, 1.54) is 4.90 Å². The zero-order valence-electron chi connectivity index (χ0n) is 19.6. The largest absolute Gasteiger partial charge is 0.492 e. The zero-order valence-corrected chi connectivity index (χ0v) is 19.6. The molecule has 5 rings (SSSR count). The number of nitrogens with zero attached hydrogens (tertiary/aromatic N) is 2. The smallest absolute Gasteiger partial charge is 0.316 e. The Hall–Kier alpha value is -3.68. The summed E-state index contributed by atoms with van der Waals surface area (Å²) in [7, 11) is 0. The van der Waals surface area contributed by atoms with E-state index in [9.17, 15) is 19.2 Å². The van der Waals surface area contributed by atoms with Crippen LogP contribution in [0.4, 0.5) is 11.4 Å². The van der Waals surface area contributed by atoms with E-state index >= 15 is 0 Å². The Morgan fingerprint density at radius 3 is 2.40 bits per heavy atom. The summed E-state index contributed by atoms with van der Waals surface area (Å²) in [5.41, 5.74) is 1.04. The molecule has 0 bridgehead atoms. The van der Waals surface area contributed by atoms with Gasteiger partial charge in [-0.1, -0.05) is 31.0 Å². The standard InChI is InChI=1S/C27H28N2O6/c1-2-34-23-13-6-5-12-22(23)28-16-17(14-24(28)30)27(33)35-19-9-7-8-18(15-19)29-25(31)20-10-3-4-11-21(20)26(29)32/h5-9,12-13,15,17,20-21H,2-4,10-11,14,16H2,1H3/t17-,20-,21-/m1/s1. The summed E-state index contributed by atoms with van der Waals surface area (Å²) in [4.78, 5) is 54.3. The molecule has 0 spiro atoms. The quantitative estimate of drug-likeness (QED) is 0.358. The van der Waals surface area contributed by atoms with Crippen molar-refractivity contribution in [1.82, 2.24) is 0 Å². The molecule has 3 fully saturated rings. The average Bonchev–Trinajstić information content (AvgIpc) is 3.37. The monoisotopic (exact) mass is 476 g/mol. The van der Waals surface area contributed by atoms with Crippen LogP contribution in [-0.2, 0) is 19.2 Å². The van der Waals surface area contributed by atoms with Gasteiger partial charge in [0.1, 0.15) is 11.5 Å². The first-order chi connectivity index (χ1) is 17.0. The van der Waals surface area contributed by atoms with Crippen LogP contribution in [0.25, 0.3) is 0 Å². The van der Waals surface area contributed by atoms with Crippen molar-refractivity contribution in [2.45, 2.75) is 39.0 Å². The average molecular weight is 477 g/mol. The normalized spacial score (nSPS) is 24.0. The SMILES string of the molecule is CCOc1ccccc1N1C[C@H](C(=O)Oc2cccc(N3C(=O)[C@@H]4CCCC[C@H]4C3=O)c2)CC1=O. The number of amides is 3. The fraction of sp³-hybridized carbons (Fsp3) is 0.407. The first kappa shape index (κ1) is 23.1. The van der Waals surface area contributed by atoms with Crippen LogP contribution < -0.4 is 19.3 Å². The number of para-hydroxylation sites is 2. The first-order valence-corrected chi connectivity index (χ1v) is 12.2. The molecule has 182 valence electrons. The van der Waals surface area contributed by atoms with Gasteiger partial charge in [-0.25, -0.2) is 4.90 Å². The van der Waals surface area contributed by atoms with Crippen molar-refractivity contribution in [3.05, 3.63) is 48.5 Å². The molecule has 2 saturated heterocycles. The first-order valence-electron chi connectivity index (χ1n) is 12.2. The molecule has 0 radical (unpaired) electrons. The molecule has 0 N–H and O–H groups in total. The molecule has 2 aliphatic heterocycles. The summed E-state index contributed by atoms with van der Waals surface area (Å²) in [5.74, 6) is -1.37. The van der Waals surface area contributed by atoms with Crippen LogP contribution in [0.5, 0.6) is 11.5 Å². The maximum absolute atomic E-state index is 12.9. The minimum atomic E-state index is -0.640. The van der Waals surface area contributed by atoms with E-state index in [4.69, 9.17) is 9.47 Å². The molecule has 35 heavy (non-hydrogen) atoms. The Bertz CT molecular complexity index is 1150. The number of benzene rings is 2. The summed E-state index contributed by atoms with van der Waals surface area (Å²) < 4.78 is 11.2. The zero-order chi connectivity index (χ0) is 24.5. The van der Waals surface area contributed by atoms with Gasteiger partial charge in [0, 0.05) is 19.0 Å². The number of hydrogen-bond acceptors (Lipinski definition) is 6. The van der Waals surface area contributed by atoms with Crippen molar-refractivity contribution in [2.75, 3.05) is 23.0 Å². The molecule has 1 saturated carbocycles. The summed E-state index contributed by atoms with van der Waals surface area (Å²) in [6, 6.07) is 13.7. The van der Waals surface area contributed by atoms with Crippen LogP contribution in [0.15, 0.2) is 48.5 Å². The summed E-state index contributed by atoms with van der Waals surface area (Å²) >= 11 is 0. The van der Waals surface area contributed by atoms with Gasteiger partial charge in [-0.2, -0.15) is 0 Å². The van der Waals surface area contributed by atoms with E-state index in [0.717, 1.165) is 25.7 Å². The topological polar surface area (TPSA) is 93.2 Å². The van der Waals surface area contributed by atoms with Gasteiger partial charge >= 0.3 is 5.97 Å². The lowest BCUT2D eigenvalue weighted by atomic mass is 9.81. The Kier molecular flexibility index (Phi) is 6.28. The highest BCUT2D eigenvalue weighted by atomic mass is 16.5. The van der Waals surface area contributed by atoms with Gasteiger partial charge in [-0.3, -0.25) is 19.2 Å². The molecule has 0 unspecified atom stereocenters. The molecule has 2 aromatic carbocycles. The molecule has 1 aliphatic carbocycles. The third-order valence-corrected chi connectivity index (χ3v) is 7.05. The van der Waals surface area contributed by atoms with Crippen molar-refractivity contribution in [1.29, 1.82) is 0 Å². The Morgan fingerprint density at radius 1 is 0.971 bits per heavy atom. The lowest BCUT2D eigenvalue weighted by Gasteiger charge is -2.20. The van der Waals surface area contributed by atoms with E-state index in [1.54, 1.807) is 41.3 Å². The third-order valence-electron chi connectivity index (χ3n) is 7.05. The van der Waals surface area contributed by atoms with Crippen molar-refractivity contribution < 1.29 is 28.7 Å². The number of rotatable bonds is 6. The minimum Gasteiger partial charge on any atom is -0.492 e. The van der Waals surface area contributed by atoms with Crippen LogP contribution in [0.1, 0.15) is 39.0 Å². The van der Waals surface area contributed by atoms with Gasteiger partial charge in [0.2, 0.25) is 17.7 Å². The van der Waals surface area contributed by atoms with Crippen molar-refractivity contribution in [3.8, 4) is 11.5 Å². The van der Waals surface area contributed by atoms with Gasteiger partial charge in [-0.15, -0.1) is 0 Å². The molecule has 3 amide bonds.